The van der Waals surface area contributed by atoms with E-state index in [1.807, 2.05) is 69.3 Å². The lowest BCUT2D eigenvalue weighted by atomic mass is 9.90. The van der Waals surface area contributed by atoms with Gasteiger partial charge in [-0.15, -0.1) is 0 Å². The van der Waals surface area contributed by atoms with Crippen molar-refractivity contribution < 1.29 is 28.6 Å². The van der Waals surface area contributed by atoms with Gasteiger partial charge in [0.15, 0.2) is 17.6 Å². The van der Waals surface area contributed by atoms with Crippen molar-refractivity contribution in [2.75, 3.05) is 29.8 Å². The number of benzene rings is 3. The van der Waals surface area contributed by atoms with Crippen LogP contribution in [0.25, 0.3) is 0 Å². The van der Waals surface area contributed by atoms with E-state index in [4.69, 9.17) is 19.0 Å². The zero-order chi connectivity index (χ0) is 27.4. The number of rotatable bonds is 11. The van der Waals surface area contributed by atoms with E-state index in [1.54, 1.807) is 29.3 Å². The molecular weight excluding hydrogens is 496 g/mol. The van der Waals surface area contributed by atoms with E-state index >= 15 is 0 Å². The summed E-state index contributed by atoms with van der Waals surface area (Å²) in [5.74, 6) is 0.494. The van der Waals surface area contributed by atoms with E-state index in [0.717, 1.165) is 24.1 Å². The Labute approximate surface area is 229 Å². The van der Waals surface area contributed by atoms with Crippen molar-refractivity contribution >= 4 is 23.2 Å². The van der Waals surface area contributed by atoms with Gasteiger partial charge in [0, 0.05) is 0 Å². The first-order valence-electron chi connectivity index (χ1n) is 13.6. The lowest BCUT2D eigenvalue weighted by Gasteiger charge is -2.29. The molecule has 0 aromatic heterocycles. The van der Waals surface area contributed by atoms with Crippen molar-refractivity contribution in [2.24, 2.45) is 5.92 Å². The number of nitrogens with zero attached hydrogens (tertiary/aromatic N) is 2. The average molecular weight is 531 g/mol. The maximum absolute atomic E-state index is 13.9. The Morgan fingerprint density at radius 2 is 1.46 bits per heavy atom. The minimum atomic E-state index is -0.953. The highest BCUT2D eigenvalue weighted by molar-refractivity contribution is 6.23. The number of hydrogen-bond acceptors (Lipinski definition) is 7. The first-order chi connectivity index (χ1) is 19.1. The molecule has 0 saturated carbocycles. The summed E-state index contributed by atoms with van der Waals surface area (Å²) in [7, 11) is 0. The smallest absolute Gasteiger partial charge is 0.266 e. The molecule has 2 fully saturated rings. The van der Waals surface area contributed by atoms with Gasteiger partial charge in [0.2, 0.25) is 5.91 Å². The summed E-state index contributed by atoms with van der Waals surface area (Å²) < 4.78 is 17.5. The molecule has 2 aliphatic heterocycles. The molecule has 2 aliphatic rings. The maximum Gasteiger partial charge on any atom is 0.266 e. The van der Waals surface area contributed by atoms with Gasteiger partial charge in [-0.3, -0.25) is 14.4 Å². The molecule has 8 nitrogen and oxygen atoms in total. The maximum atomic E-state index is 13.9. The van der Waals surface area contributed by atoms with E-state index in [1.165, 1.54) is 4.90 Å². The Bertz CT molecular complexity index is 1300. The lowest BCUT2D eigenvalue weighted by Crippen LogP contribution is -2.37. The predicted octanol–water partition coefficient (Wildman–Crippen LogP) is 5.71. The predicted molar refractivity (Wildman–Crippen MR) is 148 cm³/mol. The molecule has 204 valence electrons. The van der Waals surface area contributed by atoms with Crippen LogP contribution in [0.2, 0.25) is 0 Å². The molecule has 2 amide bonds. The molecule has 8 heteroatoms. The highest BCUT2D eigenvalue weighted by Crippen LogP contribution is 2.48. The molecule has 3 aromatic rings. The minimum Gasteiger partial charge on any atom is -0.494 e. The van der Waals surface area contributed by atoms with Gasteiger partial charge in [-0.05, 0) is 73.9 Å². The standard InChI is InChI=1S/C31H34N2O6/c1-4-18-37-24-15-13-22(14-16-24)32-30(34)27-28(21-12-17-25(38-19-5-2)26(20-21)36-6-3)33(39-29(27)31(32)35)23-10-8-7-9-11-23/h7-17,20,27-29H,4-6,18-19H2,1-3H3/t27-,28+,29-/m0/s1. The first-order valence-corrected chi connectivity index (χ1v) is 13.6. The van der Waals surface area contributed by atoms with Crippen LogP contribution in [0.4, 0.5) is 11.4 Å². The Kier molecular flexibility index (Phi) is 8.02. The van der Waals surface area contributed by atoms with Crippen LogP contribution in [0.5, 0.6) is 17.2 Å². The molecule has 5 rings (SSSR count). The van der Waals surface area contributed by atoms with E-state index in [-0.39, 0.29) is 11.8 Å². The van der Waals surface area contributed by atoms with Gasteiger partial charge >= 0.3 is 0 Å². The summed E-state index contributed by atoms with van der Waals surface area (Å²) in [6.45, 7) is 7.62. The zero-order valence-corrected chi connectivity index (χ0v) is 22.5. The van der Waals surface area contributed by atoms with Gasteiger partial charge in [0.25, 0.3) is 5.91 Å². The summed E-state index contributed by atoms with van der Waals surface area (Å²) >= 11 is 0. The Morgan fingerprint density at radius 1 is 0.744 bits per heavy atom. The summed E-state index contributed by atoms with van der Waals surface area (Å²) in [5, 5.41) is 1.68. The minimum absolute atomic E-state index is 0.306. The highest BCUT2D eigenvalue weighted by Gasteiger charge is 2.60. The van der Waals surface area contributed by atoms with Gasteiger partial charge in [0.1, 0.15) is 11.7 Å². The van der Waals surface area contributed by atoms with Crippen LogP contribution in [0.15, 0.2) is 72.8 Å². The zero-order valence-electron chi connectivity index (χ0n) is 22.5. The molecule has 0 N–H and O–H groups in total. The molecule has 0 aliphatic carbocycles. The first kappa shape index (κ1) is 26.6. The van der Waals surface area contributed by atoms with E-state index < -0.39 is 18.1 Å². The molecule has 0 spiro atoms. The highest BCUT2D eigenvalue weighted by atomic mass is 16.7. The van der Waals surface area contributed by atoms with E-state index in [0.29, 0.717) is 42.8 Å². The monoisotopic (exact) mass is 530 g/mol. The molecule has 0 radical (unpaired) electrons. The number of hydrogen-bond donors (Lipinski definition) is 0. The average Bonchev–Trinajstić information content (AvgIpc) is 3.47. The third-order valence-corrected chi connectivity index (χ3v) is 6.76. The van der Waals surface area contributed by atoms with Crippen molar-refractivity contribution in [2.45, 2.75) is 45.8 Å². The lowest BCUT2D eigenvalue weighted by molar-refractivity contribution is -0.126. The number of fused-ring (bicyclic) bond motifs is 1. The number of anilines is 2. The van der Waals surface area contributed by atoms with Crippen LogP contribution in [-0.4, -0.2) is 37.7 Å². The summed E-state index contributed by atoms with van der Waals surface area (Å²) in [4.78, 5) is 35.1. The Morgan fingerprint density at radius 3 is 2.15 bits per heavy atom. The van der Waals surface area contributed by atoms with Crippen molar-refractivity contribution in [1.29, 1.82) is 0 Å². The summed E-state index contributed by atoms with van der Waals surface area (Å²) in [5.41, 5.74) is 2.05. The molecule has 0 bridgehead atoms. The second-order valence-electron chi connectivity index (χ2n) is 9.50. The fraction of sp³-hybridized carbons (Fsp3) is 0.355. The quantitative estimate of drug-likeness (QED) is 0.294. The van der Waals surface area contributed by atoms with Crippen LogP contribution in [-0.2, 0) is 14.4 Å². The number of imide groups is 1. The number of para-hydroxylation sites is 1. The van der Waals surface area contributed by atoms with Crippen LogP contribution in [0.1, 0.15) is 45.2 Å². The van der Waals surface area contributed by atoms with Crippen molar-refractivity contribution in [3.05, 3.63) is 78.4 Å². The fourth-order valence-electron chi connectivity index (χ4n) is 5.03. The molecule has 2 saturated heterocycles. The van der Waals surface area contributed by atoms with Gasteiger partial charge in [-0.1, -0.05) is 38.1 Å². The molecule has 2 heterocycles. The van der Waals surface area contributed by atoms with E-state index in [9.17, 15) is 9.59 Å². The van der Waals surface area contributed by atoms with Gasteiger partial charge < -0.3 is 14.2 Å². The second kappa shape index (κ2) is 11.8. The fourth-order valence-corrected chi connectivity index (χ4v) is 5.03. The molecular formula is C31H34N2O6. The number of hydroxylamine groups is 1. The van der Waals surface area contributed by atoms with E-state index in [2.05, 4.69) is 0 Å². The molecule has 0 unspecified atom stereocenters. The van der Waals surface area contributed by atoms with Gasteiger partial charge in [0.05, 0.1) is 37.2 Å². The van der Waals surface area contributed by atoms with Crippen LogP contribution in [0, 0.1) is 5.92 Å². The summed E-state index contributed by atoms with van der Waals surface area (Å²) in [6.07, 6.45) is 0.806. The number of carbonyl (C=O) groups excluding carboxylic acids is 2. The molecule has 3 aromatic carbocycles. The van der Waals surface area contributed by atoms with Gasteiger partial charge in [-0.25, -0.2) is 9.96 Å². The second-order valence-corrected chi connectivity index (χ2v) is 9.50. The normalized spacial score (nSPS) is 20.3. The SMILES string of the molecule is CCCOc1ccc(N2C(=O)[C@@H]3[C@H](ON(c4ccccc4)[C@@H]3c3ccc(OCCC)c(OCC)c3)C2=O)cc1. The Hall–Kier alpha value is -4.04. The largest absolute Gasteiger partial charge is 0.494 e. The van der Waals surface area contributed by atoms with Crippen molar-refractivity contribution in [3.63, 3.8) is 0 Å². The third kappa shape index (κ3) is 5.16. The van der Waals surface area contributed by atoms with Crippen LogP contribution >= 0.6 is 0 Å². The topological polar surface area (TPSA) is 77.5 Å². The van der Waals surface area contributed by atoms with Crippen LogP contribution in [0.3, 0.4) is 0 Å². The number of ether oxygens (including phenoxy) is 3. The van der Waals surface area contributed by atoms with Crippen molar-refractivity contribution in [3.8, 4) is 17.2 Å². The summed E-state index contributed by atoms with van der Waals surface area (Å²) in [6, 6.07) is 21.6. The van der Waals surface area contributed by atoms with Crippen LogP contribution < -0.4 is 24.2 Å². The third-order valence-electron chi connectivity index (χ3n) is 6.76. The molecule has 3 atom stereocenters. The number of amides is 2. The van der Waals surface area contributed by atoms with Crippen molar-refractivity contribution in [1.82, 2.24) is 0 Å². The Balaban J connectivity index is 1.51. The number of carbonyl (C=O) groups is 2. The molecule has 39 heavy (non-hydrogen) atoms. The van der Waals surface area contributed by atoms with Gasteiger partial charge in [-0.2, -0.15) is 0 Å².